The van der Waals surface area contributed by atoms with Crippen LogP contribution in [0.4, 0.5) is 9.59 Å². The predicted molar refractivity (Wildman–Crippen MR) is 191 cm³/mol. The maximum absolute atomic E-state index is 14.1. The third-order valence-corrected chi connectivity index (χ3v) is 8.87. The van der Waals surface area contributed by atoms with Crippen molar-refractivity contribution in [3.05, 3.63) is 30.0 Å². The lowest BCUT2D eigenvalue weighted by Gasteiger charge is -2.43. The maximum atomic E-state index is 14.1. The van der Waals surface area contributed by atoms with Gasteiger partial charge in [0.05, 0.1) is 28.3 Å². The van der Waals surface area contributed by atoms with Crippen molar-refractivity contribution < 1.29 is 33.8 Å². The van der Waals surface area contributed by atoms with E-state index in [9.17, 15) is 29.1 Å². The third kappa shape index (κ3) is 10.5. The highest BCUT2D eigenvalue weighted by Crippen LogP contribution is 2.28. The predicted octanol–water partition coefficient (Wildman–Crippen LogP) is 2.75. The first-order valence-electron chi connectivity index (χ1n) is 16.9. The second-order valence-electron chi connectivity index (χ2n) is 14.0. The molecule has 49 heavy (non-hydrogen) atoms. The van der Waals surface area contributed by atoms with Gasteiger partial charge < -0.3 is 30.7 Å². The smallest absolute Gasteiger partial charge is 0.418 e. The number of carboxylic acids is 1. The highest BCUT2D eigenvalue weighted by atomic mass is 16.5. The van der Waals surface area contributed by atoms with Crippen LogP contribution in [-0.2, 0) is 25.5 Å². The number of piperidine rings is 1. The van der Waals surface area contributed by atoms with Crippen LogP contribution in [0.25, 0.3) is 10.9 Å². The van der Waals surface area contributed by atoms with Gasteiger partial charge in [0.1, 0.15) is 26.0 Å². The summed E-state index contributed by atoms with van der Waals surface area (Å²) in [5.74, 6) is -2.57. The molecule has 3 rings (SSSR count). The fraction of sp³-hybridized carbons (Fsp3) is 0.618. The van der Waals surface area contributed by atoms with Gasteiger partial charge in [-0.25, -0.2) is 14.4 Å². The molecule has 0 bridgehead atoms. The Morgan fingerprint density at radius 3 is 2.14 bits per heavy atom. The van der Waals surface area contributed by atoms with Crippen molar-refractivity contribution in [3.8, 4) is 0 Å². The van der Waals surface area contributed by atoms with Crippen LogP contribution in [0, 0.1) is 5.41 Å². The lowest BCUT2D eigenvalue weighted by Crippen LogP contribution is -2.60. The Bertz CT molecular complexity index is 1480. The highest BCUT2D eigenvalue weighted by Gasteiger charge is 2.37. The molecule has 1 aliphatic heterocycles. The topological polar surface area (TPSA) is 159 Å². The fourth-order valence-electron chi connectivity index (χ4n) is 6.37. The zero-order valence-corrected chi connectivity index (χ0v) is 29.3. The van der Waals surface area contributed by atoms with Gasteiger partial charge >= 0.3 is 18.1 Å². The van der Waals surface area contributed by atoms with E-state index in [0.29, 0.717) is 41.2 Å². The molecule has 0 saturated carbocycles. The summed E-state index contributed by atoms with van der Waals surface area (Å²) in [6.45, 7) is 7.68. The summed E-state index contributed by atoms with van der Waals surface area (Å²) in [6.07, 6.45) is 5.18. The molecule has 2 aromatic rings. The molecule has 12 nitrogen and oxygen atoms in total. The SMILES string of the molecule is [B]C[C@@H]1CCC[C@H](C[B])N1C(=O)N[C@@H](CC(C)(C)C)C(=O)N[C@H](Cc1cn(C(=O)OC)c2ccc([B])cc12)C(=O)N[C@H](CCCC)C(=O)O. The molecule has 2 heterocycles. The first-order valence-corrected chi connectivity index (χ1v) is 16.9. The second kappa shape index (κ2) is 17.7. The van der Waals surface area contributed by atoms with Crippen LogP contribution in [0.15, 0.2) is 24.4 Å². The lowest BCUT2D eigenvalue weighted by molar-refractivity contribution is -0.142. The number of rotatable bonds is 14. The molecule has 4 N–H and O–H groups in total. The van der Waals surface area contributed by atoms with Crippen LogP contribution in [0.1, 0.15) is 78.2 Å². The Labute approximate surface area is 293 Å². The summed E-state index contributed by atoms with van der Waals surface area (Å²) < 4.78 is 6.21. The number of hydrogen-bond acceptors (Lipinski definition) is 6. The second-order valence-corrected chi connectivity index (χ2v) is 14.0. The van der Waals surface area contributed by atoms with Crippen LogP contribution in [0.5, 0.6) is 0 Å². The average Bonchev–Trinajstić information content (AvgIpc) is 3.41. The van der Waals surface area contributed by atoms with Crippen molar-refractivity contribution in [1.29, 1.82) is 0 Å². The molecule has 1 saturated heterocycles. The molecule has 1 fully saturated rings. The number of urea groups is 1. The minimum atomic E-state index is -1.29. The number of aliphatic carboxylic acids is 1. The number of aromatic nitrogens is 1. The van der Waals surface area contributed by atoms with E-state index >= 15 is 0 Å². The number of carboxylic acid groups (broad SMARTS) is 1. The van der Waals surface area contributed by atoms with E-state index in [1.807, 2.05) is 27.7 Å². The van der Waals surface area contributed by atoms with Crippen LogP contribution >= 0.6 is 0 Å². The van der Waals surface area contributed by atoms with Gasteiger partial charge in [-0.1, -0.05) is 70.8 Å². The number of carbonyl (C=O) groups is 5. The van der Waals surface area contributed by atoms with Gasteiger partial charge in [0.25, 0.3) is 0 Å². The van der Waals surface area contributed by atoms with Crippen LogP contribution in [0.2, 0.25) is 12.6 Å². The number of nitrogens with zero attached hydrogens (tertiary/aromatic N) is 2. The van der Waals surface area contributed by atoms with Gasteiger partial charge in [-0.2, -0.15) is 0 Å². The first-order chi connectivity index (χ1) is 23.1. The van der Waals surface area contributed by atoms with Gasteiger partial charge in [0.2, 0.25) is 11.8 Å². The molecule has 5 atom stereocenters. The van der Waals surface area contributed by atoms with Crippen molar-refractivity contribution in [2.75, 3.05) is 7.11 Å². The van der Waals surface area contributed by atoms with E-state index in [1.54, 1.807) is 23.1 Å². The fourth-order valence-corrected chi connectivity index (χ4v) is 6.37. The van der Waals surface area contributed by atoms with Crippen molar-refractivity contribution in [2.24, 2.45) is 5.41 Å². The lowest BCUT2D eigenvalue weighted by atomic mass is 9.82. The number of likely N-dealkylation sites (tertiary alicyclic amines) is 1. The van der Waals surface area contributed by atoms with Crippen molar-refractivity contribution in [1.82, 2.24) is 25.4 Å². The molecule has 15 heteroatoms. The van der Waals surface area contributed by atoms with E-state index in [1.165, 1.54) is 17.9 Å². The number of nitrogens with one attached hydrogen (secondary N) is 3. The number of amides is 4. The van der Waals surface area contributed by atoms with E-state index < -0.39 is 53.4 Å². The summed E-state index contributed by atoms with van der Waals surface area (Å²) in [6, 6.07) is 0.400. The van der Waals surface area contributed by atoms with E-state index in [-0.39, 0.29) is 44.0 Å². The van der Waals surface area contributed by atoms with Crippen LogP contribution in [0.3, 0.4) is 0 Å². The van der Waals surface area contributed by atoms with E-state index in [4.69, 9.17) is 28.3 Å². The van der Waals surface area contributed by atoms with Gasteiger partial charge in [-0.15, -0.1) is 0 Å². The van der Waals surface area contributed by atoms with E-state index in [2.05, 4.69) is 16.0 Å². The Morgan fingerprint density at radius 1 is 0.980 bits per heavy atom. The Balaban J connectivity index is 2.01. The number of unbranched alkanes of at least 4 members (excludes halogenated alkanes) is 1. The summed E-state index contributed by atoms with van der Waals surface area (Å²) in [4.78, 5) is 68.1. The quantitative estimate of drug-likeness (QED) is 0.225. The molecule has 4 amide bonds. The van der Waals surface area contributed by atoms with Crippen molar-refractivity contribution >= 4 is 69.8 Å². The molecule has 1 aromatic carbocycles. The van der Waals surface area contributed by atoms with Gasteiger partial charge in [0, 0.05) is 30.1 Å². The Kier molecular flexibility index (Phi) is 14.3. The molecular weight excluding hydrogens is 623 g/mol. The highest BCUT2D eigenvalue weighted by molar-refractivity contribution is 6.33. The number of benzene rings is 1. The van der Waals surface area contributed by atoms with Gasteiger partial charge in [0.15, 0.2) is 0 Å². The van der Waals surface area contributed by atoms with E-state index in [0.717, 1.165) is 12.8 Å². The largest absolute Gasteiger partial charge is 0.480 e. The molecular formula is C34H48B3N5O7. The third-order valence-electron chi connectivity index (χ3n) is 8.87. The molecule has 1 aromatic heterocycles. The summed E-state index contributed by atoms with van der Waals surface area (Å²) >= 11 is 0. The molecule has 1 aliphatic rings. The molecule has 260 valence electrons. The number of carbonyl (C=O) groups excluding carboxylic acids is 4. The van der Waals surface area contributed by atoms with Gasteiger partial charge in [-0.3, -0.25) is 14.2 Å². The first kappa shape index (κ1) is 39.5. The molecule has 0 aliphatic carbocycles. The summed E-state index contributed by atoms with van der Waals surface area (Å²) in [5.41, 5.74) is 0.936. The normalized spacial score (nSPS) is 18.3. The zero-order chi connectivity index (χ0) is 36.5. The number of ether oxygens (including phenoxy) is 1. The number of hydrogen-bond donors (Lipinski definition) is 4. The minimum Gasteiger partial charge on any atom is -0.480 e. The van der Waals surface area contributed by atoms with Crippen molar-refractivity contribution in [2.45, 2.75) is 122 Å². The molecule has 0 unspecified atom stereocenters. The average molecular weight is 671 g/mol. The number of fused-ring (bicyclic) bond motifs is 1. The minimum absolute atomic E-state index is 0.131. The monoisotopic (exact) mass is 671 g/mol. The van der Waals surface area contributed by atoms with Crippen LogP contribution < -0.4 is 21.4 Å². The van der Waals surface area contributed by atoms with Crippen LogP contribution in [-0.4, -0.2) is 105 Å². The Hall–Kier alpha value is -3.90. The summed E-state index contributed by atoms with van der Waals surface area (Å²) in [5, 5.41) is 18.7. The maximum Gasteiger partial charge on any atom is 0.418 e. The molecule has 6 radical (unpaired) electrons. The number of methoxy groups -OCH3 is 1. The van der Waals surface area contributed by atoms with Crippen molar-refractivity contribution in [3.63, 3.8) is 0 Å². The standard InChI is InChI=1S/C34H48B3N5O7/c1-6-7-11-25(31(45)46)38-29(43)26(14-20-19-41(33(48)49-5)28-13-12-21(37)15-24(20)28)39-30(44)27(16-34(2,3)4)40-32(47)42-22(17-35)9-8-10-23(42)18-36/h12-13,15,19,22-23,25-27H,6-11,14,16-18H2,1-5H3,(H,38,43)(H,39,44)(H,40,47)(H,45,46)/t22-,23+,25-,26-,27+/m1/s1. The zero-order valence-electron chi connectivity index (χ0n) is 29.3. The Morgan fingerprint density at radius 2 is 1.59 bits per heavy atom. The molecule has 0 spiro atoms. The summed E-state index contributed by atoms with van der Waals surface area (Å²) in [7, 11) is 19.3. The van der Waals surface area contributed by atoms with Gasteiger partial charge in [-0.05, 0) is 49.1 Å².